The molecule has 116 valence electrons. The summed E-state index contributed by atoms with van der Waals surface area (Å²) in [5.41, 5.74) is 2.18. The molecule has 0 spiro atoms. The lowest BCUT2D eigenvalue weighted by atomic mass is 10.0. The zero-order chi connectivity index (χ0) is 15.2. The molecule has 0 saturated carbocycles. The van der Waals surface area contributed by atoms with Crippen LogP contribution in [-0.2, 0) is 6.42 Å². The zero-order valence-electron chi connectivity index (χ0n) is 13.1. The van der Waals surface area contributed by atoms with Gasteiger partial charge in [0.05, 0.1) is 0 Å². The van der Waals surface area contributed by atoms with Gasteiger partial charge in [-0.1, -0.05) is 6.07 Å². The second kappa shape index (κ2) is 7.31. The predicted molar refractivity (Wildman–Crippen MR) is 87.8 cm³/mol. The smallest absolute Gasteiger partial charge is 0.129 e. The molecule has 0 radical (unpaired) electrons. The molecular formula is C17H23N5. The van der Waals surface area contributed by atoms with Gasteiger partial charge in [0.25, 0.3) is 0 Å². The second-order valence-corrected chi connectivity index (χ2v) is 5.88. The summed E-state index contributed by atoms with van der Waals surface area (Å²) in [6.07, 6.45) is 6.84. The normalized spacial score (nSPS) is 16.6. The van der Waals surface area contributed by atoms with E-state index in [0.717, 1.165) is 50.4 Å². The minimum atomic E-state index is 0.514. The Labute approximate surface area is 131 Å². The van der Waals surface area contributed by atoms with Crippen LogP contribution in [0.1, 0.15) is 24.2 Å². The number of hydrogen-bond donors (Lipinski definition) is 1. The minimum absolute atomic E-state index is 0.514. The minimum Gasteiger partial charge on any atom is -0.367 e. The Bertz CT molecular complexity index is 579. The summed E-state index contributed by atoms with van der Waals surface area (Å²) >= 11 is 0. The molecule has 0 atom stereocenters. The summed E-state index contributed by atoms with van der Waals surface area (Å²) in [6, 6.07) is 8.65. The van der Waals surface area contributed by atoms with Gasteiger partial charge in [0.1, 0.15) is 12.1 Å². The number of nitrogens with one attached hydrogen (secondary N) is 1. The SMILES string of the molecule is Cc1cc(NC2CCN(CCc3ccccn3)CC2)ncn1. The number of rotatable bonds is 5. The summed E-state index contributed by atoms with van der Waals surface area (Å²) in [5, 5.41) is 3.53. The summed E-state index contributed by atoms with van der Waals surface area (Å²) in [4.78, 5) is 15.3. The Morgan fingerprint density at radius 2 is 2.05 bits per heavy atom. The third-order valence-electron chi connectivity index (χ3n) is 4.15. The van der Waals surface area contributed by atoms with Gasteiger partial charge in [0.2, 0.25) is 0 Å². The van der Waals surface area contributed by atoms with Crippen molar-refractivity contribution < 1.29 is 0 Å². The first-order chi connectivity index (χ1) is 10.8. The maximum absolute atomic E-state index is 4.39. The van der Waals surface area contributed by atoms with E-state index in [-0.39, 0.29) is 0 Å². The van der Waals surface area contributed by atoms with Crippen LogP contribution in [0.4, 0.5) is 5.82 Å². The van der Waals surface area contributed by atoms with Crippen molar-refractivity contribution in [1.82, 2.24) is 19.9 Å². The number of aromatic nitrogens is 3. The fraction of sp³-hybridized carbons (Fsp3) is 0.471. The van der Waals surface area contributed by atoms with Crippen molar-refractivity contribution in [2.24, 2.45) is 0 Å². The molecule has 1 aliphatic heterocycles. The Hall–Kier alpha value is -2.01. The molecule has 3 heterocycles. The van der Waals surface area contributed by atoms with E-state index in [1.807, 2.05) is 25.3 Å². The van der Waals surface area contributed by atoms with Gasteiger partial charge in [0, 0.05) is 55.7 Å². The van der Waals surface area contributed by atoms with E-state index in [2.05, 4.69) is 37.3 Å². The van der Waals surface area contributed by atoms with Crippen LogP contribution < -0.4 is 5.32 Å². The van der Waals surface area contributed by atoms with Crippen molar-refractivity contribution in [3.8, 4) is 0 Å². The first-order valence-corrected chi connectivity index (χ1v) is 7.97. The van der Waals surface area contributed by atoms with Crippen molar-refractivity contribution >= 4 is 5.82 Å². The number of likely N-dealkylation sites (tertiary alicyclic amines) is 1. The number of hydrogen-bond acceptors (Lipinski definition) is 5. The standard InChI is InChI=1S/C17H23N5/c1-14-12-17(20-13-19-14)21-16-6-10-22(11-7-16)9-5-15-4-2-3-8-18-15/h2-4,8,12-13,16H,5-7,9-11H2,1H3,(H,19,20,21). The van der Waals surface area contributed by atoms with E-state index in [4.69, 9.17) is 0 Å². The van der Waals surface area contributed by atoms with Gasteiger partial charge in [-0.25, -0.2) is 9.97 Å². The van der Waals surface area contributed by atoms with E-state index < -0.39 is 0 Å². The first-order valence-electron chi connectivity index (χ1n) is 7.97. The fourth-order valence-electron chi connectivity index (χ4n) is 2.86. The molecule has 2 aromatic heterocycles. The molecule has 0 amide bonds. The molecule has 0 aliphatic carbocycles. The Balaban J connectivity index is 1.42. The predicted octanol–water partition coefficient (Wildman–Crippen LogP) is 2.30. The van der Waals surface area contributed by atoms with E-state index in [1.165, 1.54) is 5.69 Å². The lowest BCUT2D eigenvalue weighted by Gasteiger charge is -2.32. The maximum Gasteiger partial charge on any atom is 0.129 e. The molecule has 22 heavy (non-hydrogen) atoms. The largest absolute Gasteiger partial charge is 0.367 e. The van der Waals surface area contributed by atoms with Crippen molar-refractivity contribution in [1.29, 1.82) is 0 Å². The van der Waals surface area contributed by atoms with Crippen LogP contribution in [-0.4, -0.2) is 45.5 Å². The molecule has 2 aromatic rings. The molecule has 1 saturated heterocycles. The Kier molecular flexibility index (Phi) is 4.96. The van der Waals surface area contributed by atoms with Gasteiger partial charge in [-0.05, 0) is 31.9 Å². The average molecular weight is 297 g/mol. The second-order valence-electron chi connectivity index (χ2n) is 5.88. The van der Waals surface area contributed by atoms with E-state index in [0.29, 0.717) is 6.04 Å². The topological polar surface area (TPSA) is 53.9 Å². The van der Waals surface area contributed by atoms with Crippen LogP contribution in [0.15, 0.2) is 36.8 Å². The van der Waals surface area contributed by atoms with E-state index >= 15 is 0 Å². The molecule has 1 N–H and O–H groups in total. The number of pyridine rings is 1. The highest BCUT2D eigenvalue weighted by molar-refractivity contribution is 5.35. The van der Waals surface area contributed by atoms with Crippen LogP contribution in [0.25, 0.3) is 0 Å². The van der Waals surface area contributed by atoms with Crippen molar-refractivity contribution in [3.63, 3.8) is 0 Å². The number of anilines is 1. The molecule has 3 rings (SSSR count). The molecule has 0 aromatic carbocycles. The number of piperidine rings is 1. The lowest BCUT2D eigenvalue weighted by Crippen LogP contribution is -2.40. The Morgan fingerprint density at radius 1 is 1.18 bits per heavy atom. The monoisotopic (exact) mass is 297 g/mol. The van der Waals surface area contributed by atoms with Crippen LogP contribution in [0, 0.1) is 6.92 Å². The molecule has 5 nitrogen and oxygen atoms in total. The highest BCUT2D eigenvalue weighted by Gasteiger charge is 2.19. The van der Waals surface area contributed by atoms with Crippen molar-refractivity contribution in [2.45, 2.75) is 32.2 Å². The zero-order valence-corrected chi connectivity index (χ0v) is 13.1. The first kappa shape index (κ1) is 14.9. The van der Waals surface area contributed by atoms with E-state index in [1.54, 1.807) is 6.33 Å². The molecule has 0 bridgehead atoms. The van der Waals surface area contributed by atoms with Gasteiger partial charge in [-0.15, -0.1) is 0 Å². The number of nitrogens with zero attached hydrogens (tertiary/aromatic N) is 4. The summed E-state index contributed by atoms with van der Waals surface area (Å²) in [6.45, 7) is 5.35. The molecule has 1 aliphatic rings. The van der Waals surface area contributed by atoms with Crippen molar-refractivity contribution in [3.05, 3.63) is 48.2 Å². The summed E-state index contributed by atoms with van der Waals surface area (Å²) in [5.74, 6) is 0.944. The average Bonchev–Trinajstić information content (AvgIpc) is 2.55. The Morgan fingerprint density at radius 3 is 2.77 bits per heavy atom. The van der Waals surface area contributed by atoms with Gasteiger partial charge in [-0.2, -0.15) is 0 Å². The van der Waals surface area contributed by atoms with Gasteiger partial charge in [-0.3, -0.25) is 4.98 Å². The highest BCUT2D eigenvalue weighted by Crippen LogP contribution is 2.15. The van der Waals surface area contributed by atoms with Gasteiger partial charge >= 0.3 is 0 Å². The van der Waals surface area contributed by atoms with Crippen molar-refractivity contribution in [2.75, 3.05) is 25.0 Å². The van der Waals surface area contributed by atoms with Crippen LogP contribution in [0.2, 0.25) is 0 Å². The summed E-state index contributed by atoms with van der Waals surface area (Å²) < 4.78 is 0. The quantitative estimate of drug-likeness (QED) is 0.918. The number of aryl methyl sites for hydroxylation is 1. The van der Waals surface area contributed by atoms with Crippen LogP contribution in [0.5, 0.6) is 0 Å². The maximum atomic E-state index is 4.39. The van der Waals surface area contributed by atoms with Gasteiger partial charge in [0.15, 0.2) is 0 Å². The summed E-state index contributed by atoms with van der Waals surface area (Å²) in [7, 11) is 0. The molecule has 1 fully saturated rings. The van der Waals surface area contributed by atoms with Crippen LogP contribution >= 0.6 is 0 Å². The van der Waals surface area contributed by atoms with Gasteiger partial charge < -0.3 is 10.2 Å². The highest BCUT2D eigenvalue weighted by atomic mass is 15.1. The van der Waals surface area contributed by atoms with Crippen LogP contribution in [0.3, 0.4) is 0 Å². The third-order valence-corrected chi connectivity index (χ3v) is 4.15. The molecule has 5 heteroatoms. The molecule has 0 unspecified atom stereocenters. The fourth-order valence-corrected chi connectivity index (χ4v) is 2.86. The lowest BCUT2D eigenvalue weighted by molar-refractivity contribution is 0.221. The third kappa shape index (κ3) is 4.24. The molecular weight excluding hydrogens is 274 g/mol. The van der Waals surface area contributed by atoms with E-state index in [9.17, 15) is 0 Å².